The van der Waals surface area contributed by atoms with Crippen molar-refractivity contribution in [1.29, 1.82) is 0 Å². The van der Waals surface area contributed by atoms with Crippen LogP contribution in [-0.2, 0) is 0 Å². The summed E-state index contributed by atoms with van der Waals surface area (Å²) in [5.74, 6) is -2.57. The Morgan fingerprint density at radius 2 is 1.69 bits per heavy atom. The molecule has 1 unspecified atom stereocenters. The molecule has 72 valence electrons. The van der Waals surface area contributed by atoms with E-state index in [1.807, 2.05) is 0 Å². The molecule has 0 saturated heterocycles. The molecule has 0 bridgehead atoms. The third-order valence-corrected chi connectivity index (χ3v) is 1.86. The Bertz CT molecular complexity index is 290. The van der Waals surface area contributed by atoms with Gasteiger partial charge in [-0.05, 0) is 18.6 Å². The molecule has 1 aromatic carbocycles. The predicted molar refractivity (Wildman–Crippen MR) is 40.9 cm³/mol. The van der Waals surface area contributed by atoms with Gasteiger partial charge >= 0.3 is 6.18 Å². The first-order chi connectivity index (χ1) is 5.93. The average molecular weight is 192 g/mol. The number of benzene rings is 1. The number of hydrogen-bond acceptors (Lipinski definition) is 0. The van der Waals surface area contributed by atoms with E-state index in [2.05, 4.69) is 0 Å². The van der Waals surface area contributed by atoms with Gasteiger partial charge in [0.25, 0.3) is 0 Å². The quantitative estimate of drug-likeness (QED) is 0.597. The standard InChI is InChI=1S/C9H8F4/c1-6(9(11,12)13)7-4-2-3-5-8(7)10/h2-6H,1H3. The topological polar surface area (TPSA) is 0 Å². The summed E-state index contributed by atoms with van der Waals surface area (Å²) in [5, 5.41) is 0. The Kier molecular flexibility index (Phi) is 2.59. The van der Waals surface area contributed by atoms with Gasteiger partial charge in [-0.25, -0.2) is 4.39 Å². The molecule has 0 heterocycles. The summed E-state index contributed by atoms with van der Waals surface area (Å²) >= 11 is 0. The van der Waals surface area contributed by atoms with Gasteiger partial charge < -0.3 is 0 Å². The zero-order valence-corrected chi connectivity index (χ0v) is 6.90. The Morgan fingerprint density at radius 3 is 2.15 bits per heavy atom. The second kappa shape index (κ2) is 3.36. The Morgan fingerprint density at radius 1 is 1.15 bits per heavy atom. The average Bonchev–Trinajstić information content (AvgIpc) is 2.02. The molecule has 0 saturated carbocycles. The van der Waals surface area contributed by atoms with Gasteiger partial charge in [0.15, 0.2) is 0 Å². The Hall–Kier alpha value is -1.06. The number of alkyl halides is 3. The SMILES string of the molecule is CC(c1ccccc1F)C(F)(F)F. The van der Waals surface area contributed by atoms with Gasteiger partial charge in [-0.15, -0.1) is 0 Å². The minimum atomic E-state index is -4.39. The predicted octanol–water partition coefficient (Wildman–Crippen LogP) is 3.49. The molecule has 0 spiro atoms. The van der Waals surface area contributed by atoms with Gasteiger partial charge in [-0.3, -0.25) is 0 Å². The van der Waals surface area contributed by atoms with Crippen molar-refractivity contribution in [3.63, 3.8) is 0 Å². The maximum Gasteiger partial charge on any atom is 0.395 e. The van der Waals surface area contributed by atoms with E-state index in [0.29, 0.717) is 0 Å². The molecule has 0 radical (unpaired) electrons. The lowest BCUT2D eigenvalue weighted by molar-refractivity contribution is -0.146. The molecular weight excluding hydrogens is 184 g/mol. The lowest BCUT2D eigenvalue weighted by Gasteiger charge is -2.16. The van der Waals surface area contributed by atoms with Crippen LogP contribution >= 0.6 is 0 Å². The van der Waals surface area contributed by atoms with Gasteiger partial charge in [-0.2, -0.15) is 13.2 Å². The monoisotopic (exact) mass is 192 g/mol. The third kappa shape index (κ3) is 2.20. The zero-order valence-electron chi connectivity index (χ0n) is 6.90. The van der Waals surface area contributed by atoms with E-state index in [1.54, 1.807) is 0 Å². The van der Waals surface area contributed by atoms with E-state index < -0.39 is 17.9 Å². The zero-order chi connectivity index (χ0) is 10.1. The summed E-state index contributed by atoms with van der Waals surface area (Å²) in [5.41, 5.74) is -0.310. The van der Waals surface area contributed by atoms with Crippen LogP contribution in [0.15, 0.2) is 24.3 Å². The highest BCUT2D eigenvalue weighted by Crippen LogP contribution is 2.35. The Balaban J connectivity index is 3.02. The van der Waals surface area contributed by atoms with Crippen molar-refractivity contribution < 1.29 is 17.6 Å². The summed E-state index contributed by atoms with van der Waals surface area (Å²) < 4.78 is 49.3. The van der Waals surface area contributed by atoms with Gasteiger partial charge in [0.05, 0.1) is 5.92 Å². The number of hydrogen-bond donors (Lipinski definition) is 0. The lowest BCUT2D eigenvalue weighted by atomic mass is 10.0. The van der Waals surface area contributed by atoms with Crippen LogP contribution in [0.3, 0.4) is 0 Å². The van der Waals surface area contributed by atoms with Crippen molar-refractivity contribution in [3.8, 4) is 0 Å². The molecule has 1 aromatic rings. The van der Waals surface area contributed by atoms with Gasteiger partial charge in [0.1, 0.15) is 5.82 Å². The first-order valence-electron chi connectivity index (χ1n) is 3.74. The summed E-state index contributed by atoms with van der Waals surface area (Å²) in [6.07, 6.45) is -4.39. The van der Waals surface area contributed by atoms with Crippen molar-refractivity contribution in [1.82, 2.24) is 0 Å². The van der Waals surface area contributed by atoms with E-state index in [9.17, 15) is 17.6 Å². The van der Waals surface area contributed by atoms with Crippen molar-refractivity contribution in [2.75, 3.05) is 0 Å². The maximum absolute atomic E-state index is 12.9. The van der Waals surface area contributed by atoms with E-state index in [4.69, 9.17) is 0 Å². The van der Waals surface area contributed by atoms with Gasteiger partial charge in [0, 0.05) is 0 Å². The normalized spacial score (nSPS) is 14.2. The molecular formula is C9H8F4. The van der Waals surface area contributed by atoms with E-state index in [1.165, 1.54) is 12.1 Å². The minimum Gasteiger partial charge on any atom is -0.207 e. The largest absolute Gasteiger partial charge is 0.395 e. The molecule has 1 atom stereocenters. The molecule has 0 nitrogen and oxygen atoms in total. The molecule has 0 N–H and O–H groups in total. The summed E-state index contributed by atoms with van der Waals surface area (Å²) in [4.78, 5) is 0. The van der Waals surface area contributed by atoms with Gasteiger partial charge in [-0.1, -0.05) is 18.2 Å². The van der Waals surface area contributed by atoms with Crippen molar-refractivity contribution in [2.24, 2.45) is 0 Å². The highest BCUT2D eigenvalue weighted by atomic mass is 19.4. The molecule has 13 heavy (non-hydrogen) atoms. The Labute approximate surface area is 73.2 Å². The summed E-state index contributed by atoms with van der Waals surface area (Å²) in [7, 11) is 0. The molecule has 4 heteroatoms. The number of rotatable bonds is 1. The van der Waals surface area contributed by atoms with E-state index in [-0.39, 0.29) is 5.56 Å². The highest BCUT2D eigenvalue weighted by Gasteiger charge is 2.38. The molecule has 0 aromatic heterocycles. The summed E-state index contributed by atoms with van der Waals surface area (Å²) in [6, 6.07) is 4.92. The van der Waals surface area contributed by atoms with Crippen LogP contribution in [0.4, 0.5) is 17.6 Å². The molecule has 0 aliphatic carbocycles. The fourth-order valence-electron chi connectivity index (χ4n) is 1.00. The smallest absolute Gasteiger partial charge is 0.207 e. The number of halogens is 4. The second-order valence-corrected chi connectivity index (χ2v) is 2.78. The van der Waals surface area contributed by atoms with E-state index >= 15 is 0 Å². The molecule has 0 aliphatic rings. The van der Waals surface area contributed by atoms with Crippen LogP contribution in [0.25, 0.3) is 0 Å². The van der Waals surface area contributed by atoms with Crippen molar-refractivity contribution in [3.05, 3.63) is 35.6 Å². The van der Waals surface area contributed by atoms with Gasteiger partial charge in [0.2, 0.25) is 0 Å². The van der Waals surface area contributed by atoms with Crippen molar-refractivity contribution in [2.45, 2.75) is 19.0 Å². The fraction of sp³-hybridized carbons (Fsp3) is 0.333. The molecule has 0 amide bonds. The summed E-state index contributed by atoms with van der Waals surface area (Å²) in [6.45, 7) is 0.943. The third-order valence-electron chi connectivity index (χ3n) is 1.86. The highest BCUT2D eigenvalue weighted by molar-refractivity contribution is 5.22. The van der Waals surface area contributed by atoms with Crippen LogP contribution in [0, 0.1) is 5.82 Å². The van der Waals surface area contributed by atoms with E-state index in [0.717, 1.165) is 19.1 Å². The van der Waals surface area contributed by atoms with Crippen LogP contribution < -0.4 is 0 Å². The molecule has 0 fully saturated rings. The van der Waals surface area contributed by atoms with Crippen LogP contribution in [-0.4, -0.2) is 6.18 Å². The molecule has 0 aliphatic heterocycles. The maximum atomic E-state index is 12.9. The fourth-order valence-corrected chi connectivity index (χ4v) is 1.00. The first-order valence-corrected chi connectivity index (χ1v) is 3.74. The first kappa shape index (κ1) is 10.0. The second-order valence-electron chi connectivity index (χ2n) is 2.78. The minimum absolute atomic E-state index is 0.310. The lowest BCUT2D eigenvalue weighted by Crippen LogP contribution is -2.18. The van der Waals surface area contributed by atoms with Crippen LogP contribution in [0.5, 0.6) is 0 Å². The molecule has 1 rings (SSSR count). The van der Waals surface area contributed by atoms with Crippen molar-refractivity contribution >= 4 is 0 Å². The van der Waals surface area contributed by atoms with Crippen LogP contribution in [0.2, 0.25) is 0 Å². The van der Waals surface area contributed by atoms with Crippen LogP contribution in [0.1, 0.15) is 18.4 Å².